The van der Waals surface area contributed by atoms with E-state index in [1.807, 2.05) is 6.92 Å². The van der Waals surface area contributed by atoms with Gasteiger partial charge in [0.2, 0.25) is 0 Å². The Morgan fingerprint density at radius 3 is 2.60 bits per heavy atom. The standard InChI is InChI=1S/C15H15ClFNOS/c1-11(18-14-7-5-13(17)6-8-14)10-20(19)15-4-2-3-12(16)9-15/h2-9,11,18H,10H2,1H3/t11?,20-/m1/s1. The van der Waals surface area contributed by atoms with E-state index in [1.165, 1.54) is 12.1 Å². The molecule has 0 amide bonds. The molecule has 0 aromatic heterocycles. The summed E-state index contributed by atoms with van der Waals surface area (Å²) >= 11 is 5.88. The van der Waals surface area contributed by atoms with Crippen LogP contribution in [-0.2, 0) is 10.8 Å². The molecule has 0 saturated heterocycles. The van der Waals surface area contributed by atoms with Gasteiger partial charge >= 0.3 is 0 Å². The minimum absolute atomic E-state index is 0.000256. The lowest BCUT2D eigenvalue weighted by atomic mass is 10.3. The lowest BCUT2D eigenvalue weighted by Gasteiger charge is -2.15. The molecule has 5 heteroatoms. The van der Waals surface area contributed by atoms with Gasteiger partial charge in [-0.1, -0.05) is 17.7 Å². The van der Waals surface area contributed by atoms with Crippen molar-refractivity contribution in [1.82, 2.24) is 0 Å². The predicted octanol–water partition coefficient (Wildman–Crippen LogP) is 4.09. The highest BCUT2D eigenvalue weighted by Gasteiger charge is 2.10. The topological polar surface area (TPSA) is 29.1 Å². The maximum Gasteiger partial charge on any atom is 0.123 e. The van der Waals surface area contributed by atoms with Gasteiger partial charge in [-0.05, 0) is 49.4 Å². The fraction of sp³-hybridized carbons (Fsp3) is 0.200. The molecule has 0 aliphatic heterocycles. The average molecular weight is 312 g/mol. The van der Waals surface area contributed by atoms with Crippen molar-refractivity contribution in [3.8, 4) is 0 Å². The van der Waals surface area contributed by atoms with Crippen LogP contribution in [0.5, 0.6) is 0 Å². The van der Waals surface area contributed by atoms with Crippen molar-refractivity contribution in [2.75, 3.05) is 11.1 Å². The van der Waals surface area contributed by atoms with Crippen molar-refractivity contribution in [3.05, 3.63) is 59.4 Å². The molecule has 0 aliphatic rings. The zero-order valence-electron chi connectivity index (χ0n) is 11.0. The molecule has 2 rings (SSSR count). The summed E-state index contributed by atoms with van der Waals surface area (Å²) in [7, 11) is -1.12. The fourth-order valence-corrected chi connectivity index (χ4v) is 3.28. The van der Waals surface area contributed by atoms with E-state index in [0.717, 1.165) is 5.69 Å². The highest BCUT2D eigenvalue weighted by atomic mass is 35.5. The normalized spacial score (nSPS) is 13.8. The van der Waals surface area contributed by atoms with E-state index >= 15 is 0 Å². The summed E-state index contributed by atoms with van der Waals surface area (Å²) in [6.07, 6.45) is 0. The predicted molar refractivity (Wildman–Crippen MR) is 82.2 cm³/mol. The van der Waals surface area contributed by atoms with Gasteiger partial charge in [0.05, 0.1) is 10.8 Å². The van der Waals surface area contributed by atoms with Gasteiger partial charge in [-0.2, -0.15) is 0 Å². The number of nitrogens with one attached hydrogen (secondary N) is 1. The summed E-state index contributed by atoms with van der Waals surface area (Å²) in [5.41, 5.74) is 0.807. The highest BCUT2D eigenvalue weighted by molar-refractivity contribution is 7.85. The van der Waals surface area contributed by atoms with Gasteiger partial charge in [-0.3, -0.25) is 4.21 Å². The Hall–Kier alpha value is -1.39. The molecule has 0 fully saturated rings. The molecule has 0 bridgehead atoms. The van der Waals surface area contributed by atoms with E-state index in [-0.39, 0.29) is 11.9 Å². The van der Waals surface area contributed by atoms with Crippen molar-refractivity contribution in [1.29, 1.82) is 0 Å². The van der Waals surface area contributed by atoms with E-state index in [9.17, 15) is 8.60 Å². The zero-order chi connectivity index (χ0) is 14.5. The van der Waals surface area contributed by atoms with E-state index in [2.05, 4.69) is 5.32 Å². The van der Waals surface area contributed by atoms with Gasteiger partial charge in [-0.25, -0.2) is 4.39 Å². The molecular weight excluding hydrogens is 297 g/mol. The second-order valence-corrected chi connectivity index (χ2v) is 6.45. The van der Waals surface area contributed by atoms with Crippen molar-refractivity contribution < 1.29 is 8.60 Å². The van der Waals surface area contributed by atoms with Crippen LogP contribution >= 0.6 is 11.6 Å². The third kappa shape index (κ3) is 4.32. The Morgan fingerprint density at radius 2 is 1.95 bits per heavy atom. The number of hydrogen-bond acceptors (Lipinski definition) is 2. The third-order valence-corrected chi connectivity index (χ3v) is 4.54. The minimum atomic E-state index is -1.12. The summed E-state index contributed by atoms with van der Waals surface area (Å²) in [5.74, 6) is 0.184. The van der Waals surface area contributed by atoms with Crippen molar-refractivity contribution in [2.24, 2.45) is 0 Å². The van der Waals surface area contributed by atoms with Crippen LogP contribution in [0.4, 0.5) is 10.1 Å². The smallest absolute Gasteiger partial charge is 0.123 e. The molecule has 106 valence electrons. The van der Waals surface area contributed by atoms with Crippen LogP contribution in [0.1, 0.15) is 6.92 Å². The highest BCUT2D eigenvalue weighted by Crippen LogP contribution is 2.16. The Balaban J connectivity index is 1.95. The Kier molecular flexibility index (Phi) is 5.15. The van der Waals surface area contributed by atoms with Gasteiger partial charge in [0, 0.05) is 27.4 Å². The number of anilines is 1. The molecule has 0 aliphatic carbocycles. The number of benzene rings is 2. The largest absolute Gasteiger partial charge is 0.382 e. The van der Waals surface area contributed by atoms with E-state index in [4.69, 9.17) is 11.6 Å². The van der Waals surface area contributed by atoms with Gasteiger partial charge in [-0.15, -0.1) is 0 Å². The van der Waals surface area contributed by atoms with Crippen LogP contribution in [-0.4, -0.2) is 16.0 Å². The molecule has 0 saturated carbocycles. The molecule has 1 unspecified atom stereocenters. The molecule has 20 heavy (non-hydrogen) atoms. The summed E-state index contributed by atoms with van der Waals surface area (Å²) < 4.78 is 25.0. The third-order valence-electron chi connectivity index (χ3n) is 2.72. The molecule has 2 aromatic carbocycles. The van der Waals surface area contributed by atoms with Crippen LogP contribution in [0.15, 0.2) is 53.4 Å². The van der Waals surface area contributed by atoms with Gasteiger partial charge in [0.1, 0.15) is 5.82 Å². The maximum absolute atomic E-state index is 12.8. The van der Waals surface area contributed by atoms with E-state index in [0.29, 0.717) is 15.7 Å². The quantitative estimate of drug-likeness (QED) is 0.901. The van der Waals surface area contributed by atoms with Gasteiger partial charge in [0.25, 0.3) is 0 Å². The maximum atomic E-state index is 12.8. The Labute approximate surface area is 125 Å². The van der Waals surface area contributed by atoms with E-state index < -0.39 is 10.8 Å². The molecule has 2 nitrogen and oxygen atoms in total. The summed E-state index contributed by atoms with van der Waals surface area (Å²) in [5, 5.41) is 3.77. The molecule has 2 atom stereocenters. The summed E-state index contributed by atoms with van der Waals surface area (Å²) in [6.45, 7) is 1.94. The molecule has 0 spiro atoms. The second kappa shape index (κ2) is 6.86. The first-order valence-electron chi connectivity index (χ1n) is 6.20. The number of halogens is 2. The molecular formula is C15H15ClFNOS. The van der Waals surface area contributed by atoms with Crippen LogP contribution in [0.2, 0.25) is 5.02 Å². The molecule has 0 heterocycles. The lowest BCUT2D eigenvalue weighted by molar-refractivity contribution is 0.628. The van der Waals surface area contributed by atoms with Crippen LogP contribution < -0.4 is 5.32 Å². The second-order valence-electron chi connectivity index (χ2n) is 4.52. The van der Waals surface area contributed by atoms with Gasteiger partial charge in [0.15, 0.2) is 0 Å². The van der Waals surface area contributed by atoms with Crippen molar-refractivity contribution in [3.63, 3.8) is 0 Å². The van der Waals surface area contributed by atoms with E-state index in [1.54, 1.807) is 36.4 Å². The number of hydrogen-bond donors (Lipinski definition) is 1. The molecule has 2 aromatic rings. The minimum Gasteiger partial charge on any atom is -0.382 e. The molecule has 1 N–H and O–H groups in total. The monoisotopic (exact) mass is 311 g/mol. The van der Waals surface area contributed by atoms with Crippen LogP contribution in [0.3, 0.4) is 0 Å². The lowest BCUT2D eigenvalue weighted by Crippen LogP contribution is -2.22. The van der Waals surface area contributed by atoms with Crippen LogP contribution in [0.25, 0.3) is 0 Å². The first-order chi connectivity index (χ1) is 9.54. The average Bonchev–Trinajstić information content (AvgIpc) is 2.41. The number of rotatable bonds is 5. The first-order valence-corrected chi connectivity index (χ1v) is 7.90. The summed E-state index contributed by atoms with van der Waals surface area (Å²) in [6, 6.07) is 13.2. The SMILES string of the molecule is CC(C[S@@](=O)c1cccc(Cl)c1)Nc1ccc(F)cc1. The van der Waals surface area contributed by atoms with Gasteiger partial charge < -0.3 is 5.32 Å². The Bertz CT molecular complexity index is 603. The molecule has 0 radical (unpaired) electrons. The first kappa shape index (κ1) is 15.0. The Morgan fingerprint density at radius 1 is 1.25 bits per heavy atom. The van der Waals surface area contributed by atoms with Crippen molar-refractivity contribution in [2.45, 2.75) is 17.9 Å². The zero-order valence-corrected chi connectivity index (χ0v) is 12.5. The fourth-order valence-electron chi connectivity index (χ4n) is 1.80. The van der Waals surface area contributed by atoms with Crippen LogP contribution in [0, 0.1) is 5.82 Å². The van der Waals surface area contributed by atoms with Crippen molar-refractivity contribution >= 4 is 28.1 Å². The summed E-state index contributed by atoms with van der Waals surface area (Å²) in [4.78, 5) is 0.713.